The summed E-state index contributed by atoms with van der Waals surface area (Å²) in [5, 5.41) is 3.17. The SMILES string of the molecule is C=CC(=O)N1CCCC(n2cnc3c(N)nc(Nc4ccc(C(=O)N5CCOCC5)cc4)nc32)C1. The van der Waals surface area contributed by atoms with Gasteiger partial charge in [0.1, 0.15) is 5.52 Å². The van der Waals surface area contributed by atoms with Gasteiger partial charge in [-0.2, -0.15) is 9.97 Å². The summed E-state index contributed by atoms with van der Waals surface area (Å²) in [6.07, 6.45) is 4.83. The van der Waals surface area contributed by atoms with Gasteiger partial charge in [0.15, 0.2) is 11.5 Å². The van der Waals surface area contributed by atoms with Gasteiger partial charge in [0.05, 0.1) is 25.6 Å². The maximum atomic E-state index is 12.7. The van der Waals surface area contributed by atoms with Gasteiger partial charge >= 0.3 is 0 Å². The van der Waals surface area contributed by atoms with Crippen molar-refractivity contribution in [2.24, 2.45) is 0 Å². The number of hydrogen-bond donors (Lipinski definition) is 2. The number of fused-ring (bicyclic) bond motifs is 1. The number of anilines is 3. The fourth-order valence-electron chi connectivity index (χ4n) is 4.55. The fraction of sp³-hybridized carbons (Fsp3) is 0.375. The van der Waals surface area contributed by atoms with E-state index in [1.807, 2.05) is 16.7 Å². The van der Waals surface area contributed by atoms with Gasteiger partial charge in [0, 0.05) is 37.4 Å². The number of piperidine rings is 1. The fourth-order valence-corrected chi connectivity index (χ4v) is 4.55. The second kappa shape index (κ2) is 9.71. The standard InChI is InChI=1S/C24H28N8O3/c1-2-19(33)31-9-3-4-18(14-31)32-15-26-20-21(25)28-24(29-22(20)32)27-17-7-5-16(6-8-17)23(34)30-10-12-35-13-11-30/h2,5-8,15,18H,1,3-4,9-14H2,(H3,25,27,28,29). The molecule has 5 rings (SSSR count). The molecule has 2 aliphatic heterocycles. The molecule has 1 unspecified atom stereocenters. The summed E-state index contributed by atoms with van der Waals surface area (Å²) in [6, 6.07) is 7.22. The van der Waals surface area contributed by atoms with Crippen molar-refractivity contribution < 1.29 is 14.3 Å². The number of likely N-dealkylation sites (tertiary alicyclic amines) is 1. The molecule has 2 amide bonds. The van der Waals surface area contributed by atoms with E-state index in [0.717, 1.165) is 18.5 Å². The molecule has 0 spiro atoms. The van der Waals surface area contributed by atoms with E-state index in [1.54, 1.807) is 28.3 Å². The molecule has 11 nitrogen and oxygen atoms in total. The molecule has 1 atom stereocenters. The zero-order valence-corrected chi connectivity index (χ0v) is 19.4. The number of carbonyl (C=O) groups is 2. The molecule has 1 aromatic carbocycles. The van der Waals surface area contributed by atoms with E-state index >= 15 is 0 Å². The molecule has 4 heterocycles. The zero-order valence-electron chi connectivity index (χ0n) is 19.4. The lowest BCUT2D eigenvalue weighted by molar-refractivity contribution is -0.127. The first-order valence-electron chi connectivity index (χ1n) is 11.7. The van der Waals surface area contributed by atoms with Crippen LogP contribution in [0, 0.1) is 0 Å². The van der Waals surface area contributed by atoms with Crippen molar-refractivity contribution in [2.45, 2.75) is 18.9 Å². The molecule has 182 valence electrons. The Bertz CT molecular complexity index is 1250. The number of ether oxygens (including phenoxy) is 1. The van der Waals surface area contributed by atoms with Crippen molar-refractivity contribution in [3.8, 4) is 0 Å². The van der Waals surface area contributed by atoms with Crippen molar-refractivity contribution in [1.82, 2.24) is 29.3 Å². The first kappa shape index (κ1) is 22.8. The number of nitrogens with zero attached hydrogens (tertiary/aromatic N) is 6. The highest BCUT2D eigenvalue weighted by molar-refractivity contribution is 5.94. The third-order valence-electron chi connectivity index (χ3n) is 6.41. The van der Waals surface area contributed by atoms with Gasteiger partial charge in [-0.15, -0.1) is 0 Å². The van der Waals surface area contributed by atoms with Crippen molar-refractivity contribution in [3.05, 3.63) is 48.8 Å². The minimum Gasteiger partial charge on any atom is -0.382 e. The number of benzene rings is 1. The first-order valence-corrected chi connectivity index (χ1v) is 11.7. The highest BCUT2D eigenvalue weighted by Gasteiger charge is 2.26. The molecule has 2 saturated heterocycles. The topological polar surface area (TPSA) is 132 Å². The van der Waals surface area contributed by atoms with E-state index in [2.05, 4.69) is 26.8 Å². The molecule has 2 aromatic heterocycles. The lowest BCUT2D eigenvalue weighted by Crippen LogP contribution is -2.40. The number of nitrogen functional groups attached to an aromatic ring is 1. The van der Waals surface area contributed by atoms with Gasteiger partial charge in [0.2, 0.25) is 11.9 Å². The van der Waals surface area contributed by atoms with Crippen LogP contribution in [0.5, 0.6) is 0 Å². The largest absolute Gasteiger partial charge is 0.382 e. The molecule has 0 aliphatic carbocycles. The van der Waals surface area contributed by atoms with E-state index in [-0.39, 0.29) is 23.7 Å². The van der Waals surface area contributed by atoms with Crippen LogP contribution in [0.2, 0.25) is 0 Å². The van der Waals surface area contributed by atoms with Crippen LogP contribution in [-0.2, 0) is 9.53 Å². The predicted molar refractivity (Wildman–Crippen MR) is 131 cm³/mol. The van der Waals surface area contributed by atoms with Crippen LogP contribution in [0.25, 0.3) is 11.2 Å². The van der Waals surface area contributed by atoms with Crippen LogP contribution in [0.4, 0.5) is 17.5 Å². The Labute approximate surface area is 202 Å². The second-order valence-corrected chi connectivity index (χ2v) is 8.65. The summed E-state index contributed by atoms with van der Waals surface area (Å²) < 4.78 is 7.28. The van der Waals surface area contributed by atoms with Crippen LogP contribution >= 0.6 is 0 Å². The molecule has 0 saturated carbocycles. The van der Waals surface area contributed by atoms with E-state index in [9.17, 15) is 9.59 Å². The summed E-state index contributed by atoms with van der Waals surface area (Å²) in [7, 11) is 0. The first-order chi connectivity index (χ1) is 17.0. The average Bonchev–Trinajstić information content (AvgIpc) is 3.33. The van der Waals surface area contributed by atoms with Crippen LogP contribution in [0.15, 0.2) is 43.2 Å². The Morgan fingerprint density at radius 3 is 2.63 bits per heavy atom. The summed E-state index contributed by atoms with van der Waals surface area (Å²) in [5.41, 5.74) is 8.67. The molecule has 3 N–H and O–H groups in total. The smallest absolute Gasteiger partial charge is 0.254 e. The highest BCUT2D eigenvalue weighted by atomic mass is 16.5. The predicted octanol–water partition coefficient (Wildman–Crippen LogP) is 1.97. The summed E-state index contributed by atoms with van der Waals surface area (Å²) >= 11 is 0. The summed E-state index contributed by atoms with van der Waals surface area (Å²) in [5.74, 6) is 0.511. The number of nitrogens with two attached hydrogens (primary N) is 1. The van der Waals surface area contributed by atoms with Crippen molar-refractivity contribution in [3.63, 3.8) is 0 Å². The molecule has 0 radical (unpaired) electrons. The number of imidazole rings is 1. The van der Waals surface area contributed by atoms with Gasteiger partial charge in [-0.3, -0.25) is 9.59 Å². The number of carbonyl (C=O) groups excluding carboxylic acids is 2. The van der Waals surface area contributed by atoms with Gasteiger partial charge in [-0.05, 0) is 43.2 Å². The third kappa shape index (κ3) is 4.67. The van der Waals surface area contributed by atoms with Crippen LogP contribution in [0.3, 0.4) is 0 Å². The van der Waals surface area contributed by atoms with E-state index in [4.69, 9.17) is 10.5 Å². The Morgan fingerprint density at radius 2 is 1.89 bits per heavy atom. The summed E-state index contributed by atoms with van der Waals surface area (Å²) in [4.78, 5) is 41.8. The Morgan fingerprint density at radius 1 is 1.11 bits per heavy atom. The van der Waals surface area contributed by atoms with Crippen molar-refractivity contribution in [2.75, 3.05) is 50.4 Å². The van der Waals surface area contributed by atoms with E-state index in [0.29, 0.717) is 62.1 Å². The quantitative estimate of drug-likeness (QED) is 0.535. The normalized spacial score (nSPS) is 18.5. The second-order valence-electron chi connectivity index (χ2n) is 8.65. The van der Waals surface area contributed by atoms with Gasteiger partial charge in [-0.25, -0.2) is 4.98 Å². The summed E-state index contributed by atoms with van der Waals surface area (Å²) in [6.45, 7) is 7.18. The maximum Gasteiger partial charge on any atom is 0.254 e. The molecule has 3 aromatic rings. The highest BCUT2D eigenvalue weighted by Crippen LogP contribution is 2.28. The third-order valence-corrected chi connectivity index (χ3v) is 6.41. The minimum absolute atomic E-state index is 0.0119. The molecule has 11 heteroatoms. The molecule has 0 bridgehead atoms. The number of rotatable bonds is 5. The Kier molecular flexibility index (Phi) is 6.32. The molecular formula is C24H28N8O3. The van der Waals surface area contributed by atoms with Gasteiger partial charge in [-0.1, -0.05) is 6.58 Å². The van der Waals surface area contributed by atoms with Crippen LogP contribution in [-0.4, -0.2) is 80.5 Å². The number of aromatic nitrogens is 4. The van der Waals surface area contributed by atoms with Crippen molar-refractivity contribution in [1.29, 1.82) is 0 Å². The molecule has 35 heavy (non-hydrogen) atoms. The lowest BCUT2D eigenvalue weighted by Gasteiger charge is -2.32. The molecular weight excluding hydrogens is 448 g/mol. The number of morpholine rings is 1. The van der Waals surface area contributed by atoms with Crippen molar-refractivity contribution >= 4 is 40.4 Å². The number of hydrogen-bond acceptors (Lipinski definition) is 8. The minimum atomic E-state index is -0.0776. The Hall–Kier alpha value is -3.99. The maximum absolute atomic E-state index is 12.7. The average molecular weight is 477 g/mol. The number of amides is 2. The lowest BCUT2D eigenvalue weighted by atomic mass is 10.1. The van der Waals surface area contributed by atoms with Crippen LogP contribution < -0.4 is 11.1 Å². The number of nitrogens with one attached hydrogen (secondary N) is 1. The molecule has 2 fully saturated rings. The Balaban J connectivity index is 1.35. The van der Waals surface area contributed by atoms with Crippen LogP contribution in [0.1, 0.15) is 29.2 Å². The monoisotopic (exact) mass is 476 g/mol. The van der Waals surface area contributed by atoms with Gasteiger partial charge < -0.3 is 30.2 Å². The molecule has 2 aliphatic rings. The van der Waals surface area contributed by atoms with Gasteiger partial charge in [0.25, 0.3) is 5.91 Å². The zero-order chi connectivity index (χ0) is 24.4. The van der Waals surface area contributed by atoms with E-state index in [1.165, 1.54) is 6.08 Å². The van der Waals surface area contributed by atoms with E-state index < -0.39 is 0 Å².